The molecular formula is C13H20ClNO. The first-order valence-corrected chi connectivity index (χ1v) is 5.96. The highest BCUT2D eigenvalue weighted by atomic mass is 35.5. The second-order valence-corrected chi connectivity index (χ2v) is 4.93. The van der Waals surface area contributed by atoms with E-state index >= 15 is 0 Å². The number of ether oxygens (including phenoxy) is 1. The molecule has 0 radical (unpaired) electrons. The van der Waals surface area contributed by atoms with Gasteiger partial charge in [-0.15, -0.1) is 0 Å². The zero-order chi connectivity index (χ0) is 12.2. The fraction of sp³-hybridized carbons (Fsp3) is 0.538. The van der Waals surface area contributed by atoms with Crippen LogP contribution in [0.4, 0.5) is 0 Å². The summed E-state index contributed by atoms with van der Waals surface area (Å²) in [6, 6.07) is 5.78. The topological polar surface area (TPSA) is 21.3 Å². The first-order chi connectivity index (χ1) is 7.48. The lowest BCUT2D eigenvalue weighted by atomic mass is 9.94. The molecule has 0 unspecified atom stereocenters. The molecule has 16 heavy (non-hydrogen) atoms. The van der Waals surface area contributed by atoms with Gasteiger partial charge in [0.15, 0.2) is 0 Å². The molecule has 0 fully saturated rings. The number of hydrogen-bond acceptors (Lipinski definition) is 2. The van der Waals surface area contributed by atoms with Gasteiger partial charge in [0.1, 0.15) is 5.75 Å². The van der Waals surface area contributed by atoms with E-state index in [0.717, 1.165) is 22.8 Å². The van der Waals surface area contributed by atoms with Gasteiger partial charge >= 0.3 is 0 Å². The van der Waals surface area contributed by atoms with Crippen LogP contribution in [0.3, 0.4) is 0 Å². The van der Waals surface area contributed by atoms with Gasteiger partial charge in [-0.1, -0.05) is 11.6 Å². The van der Waals surface area contributed by atoms with Crippen LogP contribution >= 0.6 is 11.6 Å². The van der Waals surface area contributed by atoms with Gasteiger partial charge < -0.3 is 10.1 Å². The SMILES string of the molecule is CCOc1ccc(Cl)cc1CC(C)(C)NC. The zero-order valence-corrected chi connectivity index (χ0v) is 11.2. The van der Waals surface area contributed by atoms with E-state index in [-0.39, 0.29) is 5.54 Å². The number of benzene rings is 1. The summed E-state index contributed by atoms with van der Waals surface area (Å²) >= 11 is 6.01. The lowest BCUT2D eigenvalue weighted by Gasteiger charge is -2.25. The average molecular weight is 242 g/mol. The maximum Gasteiger partial charge on any atom is 0.122 e. The average Bonchev–Trinajstić information content (AvgIpc) is 2.22. The molecule has 1 aromatic carbocycles. The molecule has 0 amide bonds. The van der Waals surface area contributed by atoms with Crippen molar-refractivity contribution in [3.8, 4) is 5.75 Å². The summed E-state index contributed by atoms with van der Waals surface area (Å²) in [7, 11) is 1.96. The molecule has 90 valence electrons. The van der Waals surface area contributed by atoms with Gasteiger partial charge in [-0.2, -0.15) is 0 Å². The summed E-state index contributed by atoms with van der Waals surface area (Å²) in [5.74, 6) is 0.926. The van der Waals surface area contributed by atoms with Crippen molar-refractivity contribution in [1.82, 2.24) is 5.32 Å². The predicted octanol–water partition coefficient (Wildman–Crippen LogP) is 3.28. The van der Waals surface area contributed by atoms with Crippen molar-refractivity contribution in [3.63, 3.8) is 0 Å². The summed E-state index contributed by atoms with van der Waals surface area (Å²) < 4.78 is 5.60. The van der Waals surface area contributed by atoms with E-state index in [4.69, 9.17) is 16.3 Å². The lowest BCUT2D eigenvalue weighted by Crippen LogP contribution is -2.38. The Kier molecular flexibility index (Phi) is 4.63. The standard InChI is InChI=1S/C13H20ClNO/c1-5-16-12-7-6-11(14)8-10(12)9-13(2,3)15-4/h6-8,15H,5,9H2,1-4H3. The summed E-state index contributed by atoms with van der Waals surface area (Å²) in [6.45, 7) is 6.98. The molecule has 0 aliphatic carbocycles. The molecule has 1 aromatic rings. The van der Waals surface area contributed by atoms with E-state index < -0.39 is 0 Å². The van der Waals surface area contributed by atoms with Gasteiger partial charge in [-0.05, 0) is 58.0 Å². The van der Waals surface area contributed by atoms with E-state index in [1.165, 1.54) is 0 Å². The van der Waals surface area contributed by atoms with Crippen molar-refractivity contribution in [2.75, 3.05) is 13.7 Å². The van der Waals surface area contributed by atoms with Crippen molar-refractivity contribution < 1.29 is 4.74 Å². The van der Waals surface area contributed by atoms with E-state index in [2.05, 4.69) is 19.2 Å². The quantitative estimate of drug-likeness (QED) is 0.854. The monoisotopic (exact) mass is 241 g/mol. The smallest absolute Gasteiger partial charge is 0.122 e. The Bertz CT molecular complexity index is 350. The van der Waals surface area contributed by atoms with Crippen LogP contribution in [0, 0.1) is 0 Å². The molecule has 0 bridgehead atoms. The van der Waals surface area contributed by atoms with Gasteiger partial charge in [0.2, 0.25) is 0 Å². The van der Waals surface area contributed by atoms with Gasteiger partial charge in [0.25, 0.3) is 0 Å². The van der Waals surface area contributed by atoms with Crippen LogP contribution in [0.5, 0.6) is 5.75 Å². The Labute approximate surface area is 103 Å². The maximum absolute atomic E-state index is 6.01. The van der Waals surface area contributed by atoms with Crippen molar-refractivity contribution >= 4 is 11.6 Å². The number of nitrogens with one attached hydrogen (secondary N) is 1. The Morgan fingerprint density at radius 1 is 1.38 bits per heavy atom. The number of halogens is 1. The van der Waals surface area contributed by atoms with E-state index in [1.807, 2.05) is 32.2 Å². The molecule has 0 atom stereocenters. The molecule has 0 aromatic heterocycles. The Hall–Kier alpha value is -0.730. The summed E-state index contributed by atoms with van der Waals surface area (Å²) in [5.41, 5.74) is 1.19. The molecular weight excluding hydrogens is 222 g/mol. The maximum atomic E-state index is 6.01. The normalized spacial score (nSPS) is 11.6. The third-order valence-corrected chi connectivity index (χ3v) is 2.87. The second-order valence-electron chi connectivity index (χ2n) is 4.50. The van der Waals surface area contributed by atoms with Crippen LogP contribution in [0.1, 0.15) is 26.3 Å². The summed E-state index contributed by atoms with van der Waals surface area (Å²) in [4.78, 5) is 0. The fourth-order valence-electron chi connectivity index (χ4n) is 1.55. The highest BCUT2D eigenvalue weighted by molar-refractivity contribution is 6.30. The molecule has 1 rings (SSSR count). The molecule has 0 saturated carbocycles. The Morgan fingerprint density at radius 3 is 2.62 bits per heavy atom. The van der Waals surface area contributed by atoms with Crippen molar-refractivity contribution in [3.05, 3.63) is 28.8 Å². The minimum atomic E-state index is 0.0382. The van der Waals surface area contributed by atoms with Crippen LogP contribution in [0.2, 0.25) is 5.02 Å². The molecule has 2 nitrogen and oxygen atoms in total. The van der Waals surface area contributed by atoms with E-state index in [1.54, 1.807) is 0 Å². The zero-order valence-electron chi connectivity index (χ0n) is 10.4. The molecule has 0 heterocycles. The van der Waals surface area contributed by atoms with Crippen molar-refractivity contribution in [2.24, 2.45) is 0 Å². The van der Waals surface area contributed by atoms with E-state index in [9.17, 15) is 0 Å². The summed E-state index contributed by atoms with van der Waals surface area (Å²) in [5, 5.41) is 4.03. The summed E-state index contributed by atoms with van der Waals surface area (Å²) in [6.07, 6.45) is 0.888. The molecule has 1 N–H and O–H groups in total. The molecule has 0 aliphatic heterocycles. The van der Waals surface area contributed by atoms with Crippen LogP contribution in [0.15, 0.2) is 18.2 Å². The van der Waals surface area contributed by atoms with Crippen molar-refractivity contribution in [1.29, 1.82) is 0 Å². The first kappa shape index (κ1) is 13.3. The van der Waals surface area contributed by atoms with Crippen LogP contribution < -0.4 is 10.1 Å². The first-order valence-electron chi connectivity index (χ1n) is 5.58. The van der Waals surface area contributed by atoms with Crippen molar-refractivity contribution in [2.45, 2.75) is 32.7 Å². The predicted molar refractivity (Wildman–Crippen MR) is 69.5 cm³/mol. The lowest BCUT2D eigenvalue weighted by molar-refractivity contribution is 0.330. The number of likely N-dealkylation sites (N-methyl/N-ethyl adjacent to an activating group) is 1. The van der Waals surface area contributed by atoms with Crippen LogP contribution in [-0.2, 0) is 6.42 Å². The Balaban J connectivity index is 2.96. The number of rotatable bonds is 5. The molecule has 0 saturated heterocycles. The van der Waals surface area contributed by atoms with Gasteiger partial charge in [0.05, 0.1) is 6.61 Å². The third kappa shape index (κ3) is 3.69. The Morgan fingerprint density at radius 2 is 2.06 bits per heavy atom. The fourth-order valence-corrected chi connectivity index (χ4v) is 1.74. The highest BCUT2D eigenvalue weighted by Gasteiger charge is 2.18. The number of hydrogen-bond donors (Lipinski definition) is 1. The highest BCUT2D eigenvalue weighted by Crippen LogP contribution is 2.26. The van der Waals surface area contributed by atoms with Gasteiger partial charge in [-0.25, -0.2) is 0 Å². The van der Waals surface area contributed by atoms with Crippen LogP contribution in [0.25, 0.3) is 0 Å². The largest absolute Gasteiger partial charge is 0.494 e. The third-order valence-electron chi connectivity index (χ3n) is 2.63. The van der Waals surface area contributed by atoms with E-state index in [0.29, 0.717) is 6.61 Å². The molecule has 3 heteroatoms. The van der Waals surface area contributed by atoms with Gasteiger partial charge in [-0.3, -0.25) is 0 Å². The minimum Gasteiger partial charge on any atom is -0.494 e. The van der Waals surface area contributed by atoms with Crippen LogP contribution in [-0.4, -0.2) is 19.2 Å². The van der Waals surface area contributed by atoms with Gasteiger partial charge in [0, 0.05) is 10.6 Å². The molecule has 0 aliphatic rings. The minimum absolute atomic E-state index is 0.0382. The molecule has 0 spiro atoms. The second kappa shape index (κ2) is 5.55.